The molecular formula is C40H50FN5O5S. The fraction of sp³-hybridized carbons (Fsp3) is 0.500. The van der Waals surface area contributed by atoms with E-state index in [4.69, 9.17) is 10.5 Å². The molecular weight excluding hydrogens is 682 g/mol. The van der Waals surface area contributed by atoms with Crippen LogP contribution in [0.5, 0.6) is 0 Å². The van der Waals surface area contributed by atoms with Crippen LogP contribution in [0.2, 0.25) is 0 Å². The number of primary amides is 1. The molecule has 278 valence electrons. The third-order valence-electron chi connectivity index (χ3n) is 12.2. The molecule has 3 N–H and O–H groups in total. The zero-order valence-electron chi connectivity index (χ0n) is 29.9. The van der Waals surface area contributed by atoms with Crippen molar-refractivity contribution in [2.45, 2.75) is 59.8 Å². The number of anilines is 1. The van der Waals surface area contributed by atoms with E-state index in [2.05, 4.69) is 26.1 Å². The molecule has 2 amide bonds. The second kappa shape index (κ2) is 15.2. The summed E-state index contributed by atoms with van der Waals surface area (Å²) < 4.78 is 46.5. The number of benzene rings is 3. The Hall–Kier alpha value is -4.00. The molecule has 3 aromatic rings. The van der Waals surface area contributed by atoms with Crippen molar-refractivity contribution in [3.63, 3.8) is 0 Å². The van der Waals surface area contributed by atoms with Gasteiger partial charge in [-0.3, -0.25) is 4.79 Å². The number of alkyl carbamates (subject to hydrolysis) is 1. The number of nitrogens with two attached hydrogens (primary N) is 1. The highest BCUT2D eigenvalue weighted by molar-refractivity contribution is 7.91. The largest absolute Gasteiger partial charge is 0.453 e. The number of ether oxygens (including phenoxy) is 1. The Kier molecular flexibility index (Phi) is 10.6. The summed E-state index contributed by atoms with van der Waals surface area (Å²) in [6, 6.07) is 20.0. The molecule has 52 heavy (non-hydrogen) atoms. The van der Waals surface area contributed by atoms with E-state index in [1.54, 1.807) is 18.2 Å². The lowest BCUT2D eigenvalue weighted by atomic mass is 9.57. The Morgan fingerprint density at radius 2 is 1.62 bits per heavy atom. The van der Waals surface area contributed by atoms with Gasteiger partial charge in [0.2, 0.25) is 15.7 Å². The molecule has 0 radical (unpaired) electrons. The number of nitrogens with one attached hydrogen (secondary N) is 1. The van der Waals surface area contributed by atoms with Crippen LogP contribution in [0.3, 0.4) is 0 Å². The van der Waals surface area contributed by atoms with Gasteiger partial charge in [0.15, 0.2) is 0 Å². The molecule has 1 saturated carbocycles. The maximum Gasteiger partial charge on any atom is 0.407 e. The van der Waals surface area contributed by atoms with Crippen molar-refractivity contribution in [3.8, 4) is 0 Å². The molecule has 0 spiro atoms. The van der Waals surface area contributed by atoms with E-state index in [0.717, 1.165) is 95.7 Å². The number of piperidine rings is 1. The zero-order valence-corrected chi connectivity index (χ0v) is 30.7. The van der Waals surface area contributed by atoms with Gasteiger partial charge in [-0.15, -0.1) is 0 Å². The predicted octanol–water partition coefficient (Wildman–Crippen LogP) is 5.07. The Morgan fingerprint density at radius 3 is 2.27 bits per heavy atom. The fourth-order valence-corrected chi connectivity index (χ4v) is 10.7. The quantitative estimate of drug-likeness (QED) is 0.265. The second-order valence-corrected chi connectivity index (χ2v) is 17.1. The van der Waals surface area contributed by atoms with Gasteiger partial charge in [0.25, 0.3) is 0 Å². The smallest absolute Gasteiger partial charge is 0.407 e. The van der Waals surface area contributed by atoms with Crippen LogP contribution < -0.4 is 16.0 Å². The highest BCUT2D eigenvalue weighted by Crippen LogP contribution is 2.51. The van der Waals surface area contributed by atoms with Gasteiger partial charge in [-0.05, 0) is 130 Å². The summed E-state index contributed by atoms with van der Waals surface area (Å²) in [7, 11) is -2.38. The van der Waals surface area contributed by atoms with Gasteiger partial charge in [0, 0.05) is 54.8 Å². The lowest BCUT2D eigenvalue weighted by Gasteiger charge is -2.54. The first-order chi connectivity index (χ1) is 25.1. The molecule has 3 atom stereocenters. The fourth-order valence-electron chi connectivity index (χ4n) is 9.42. The average molecular weight is 732 g/mol. The molecule has 3 aromatic carbocycles. The van der Waals surface area contributed by atoms with Crippen molar-refractivity contribution in [2.75, 3.05) is 64.4 Å². The van der Waals surface area contributed by atoms with Crippen LogP contribution in [0.4, 0.5) is 14.9 Å². The number of likely N-dealkylation sites (tertiary alicyclic amines) is 2. The number of hydrogen-bond acceptors (Lipinski definition) is 8. The molecule has 3 heterocycles. The number of methoxy groups -OCH3 is 1. The molecule has 10 nitrogen and oxygen atoms in total. The van der Waals surface area contributed by atoms with Crippen molar-refractivity contribution in [2.24, 2.45) is 23.5 Å². The first-order valence-corrected chi connectivity index (χ1v) is 20.1. The standard InChI is InChI=1S/C40H50FN5O5S/c1-51-39(48)43-37-11-4-10-36(37)40(27-45-18-5-19-45,31-7-3-8-32(41)23-31)30-16-20-44(21-17-30)24-28-25-46(26-28)33-12-14-34(15-13-33)52(49,50)35-9-2-6-29(22-35)38(42)47/h2-3,6-9,12-15,22-23,28,30,36-37H,4-5,10-11,16-21,24-27H2,1H3,(H2,42,47)(H,43,48)/t36-,37-,40-/m0/s1. The summed E-state index contributed by atoms with van der Waals surface area (Å²) in [6.07, 6.45) is 5.73. The van der Waals surface area contributed by atoms with Gasteiger partial charge in [0.1, 0.15) is 5.82 Å². The molecule has 0 unspecified atom stereocenters. The lowest BCUT2D eigenvalue weighted by molar-refractivity contribution is 0.0223. The Morgan fingerprint density at radius 1 is 0.885 bits per heavy atom. The number of sulfone groups is 1. The summed E-state index contributed by atoms with van der Waals surface area (Å²) in [4.78, 5) is 31.6. The minimum Gasteiger partial charge on any atom is -0.453 e. The Labute approximate surface area is 306 Å². The number of carbonyl (C=O) groups excluding carboxylic acids is 2. The molecule has 4 fully saturated rings. The SMILES string of the molecule is COC(=O)N[C@H]1CCC[C@@H]1[C@](CN1CCC1)(c1cccc(F)c1)C1CCN(CC2CN(c3ccc(S(=O)(=O)c4cccc(C(N)=O)c4)cc3)C2)CC1. The summed E-state index contributed by atoms with van der Waals surface area (Å²) in [5.41, 5.74) is 7.27. The minimum atomic E-state index is -3.79. The van der Waals surface area contributed by atoms with Crippen LogP contribution in [-0.4, -0.2) is 95.7 Å². The molecule has 0 bridgehead atoms. The van der Waals surface area contributed by atoms with E-state index in [1.807, 2.05) is 18.2 Å². The minimum absolute atomic E-state index is 0.0156. The monoisotopic (exact) mass is 731 g/mol. The molecule has 0 aromatic heterocycles. The molecule has 12 heteroatoms. The Bertz CT molecular complexity index is 1860. The molecule has 3 aliphatic heterocycles. The van der Waals surface area contributed by atoms with Crippen LogP contribution in [0, 0.1) is 23.6 Å². The van der Waals surface area contributed by atoms with E-state index in [0.29, 0.717) is 11.8 Å². The van der Waals surface area contributed by atoms with E-state index < -0.39 is 21.8 Å². The Balaban J connectivity index is 1.00. The lowest BCUT2D eigenvalue weighted by Crippen LogP contribution is -2.60. The first kappa shape index (κ1) is 36.4. The van der Waals surface area contributed by atoms with Gasteiger partial charge in [0.05, 0.1) is 16.9 Å². The third kappa shape index (κ3) is 7.30. The van der Waals surface area contributed by atoms with Gasteiger partial charge in [-0.25, -0.2) is 17.6 Å². The molecule has 7 rings (SSSR count). The maximum absolute atomic E-state index is 15.0. The van der Waals surface area contributed by atoms with Crippen LogP contribution in [0.15, 0.2) is 82.6 Å². The van der Waals surface area contributed by atoms with Gasteiger partial charge < -0.3 is 30.5 Å². The van der Waals surface area contributed by atoms with Crippen molar-refractivity contribution in [1.82, 2.24) is 15.1 Å². The van der Waals surface area contributed by atoms with Gasteiger partial charge in [-0.2, -0.15) is 0 Å². The number of carbonyl (C=O) groups is 2. The van der Waals surface area contributed by atoms with E-state index in [-0.39, 0.29) is 38.5 Å². The third-order valence-corrected chi connectivity index (χ3v) is 14.0. The number of rotatable bonds is 12. The van der Waals surface area contributed by atoms with Gasteiger partial charge >= 0.3 is 6.09 Å². The highest BCUT2D eigenvalue weighted by atomic mass is 32.2. The van der Waals surface area contributed by atoms with Crippen molar-refractivity contribution < 1.29 is 27.1 Å². The summed E-state index contributed by atoms with van der Waals surface area (Å²) in [6.45, 7) is 7.74. The van der Waals surface area contributed by atoms with Crippen LogP contribution >= 0.6 is 0 Å². The second-order valence-electron chi connectivity index (χ2n) is 15.2. The summed E-state index contributed by atoms with van der Waals surface area (Å²) in [5.74, 6) is 0.165. The number of nitrogens with zero attached hydrogens (tertiary/aromatic N) is 3. The molecule has 3 saturated heterocycles. The maximum atomic E-state index is 15.0. The van der Waals surface area contributed by atoms with Crippen molar-refractivity contribution in [1.29, 1.82) is 0 Å². The number of halogens is 1. The van der Waals surface area contributed by atoms with E-state index in [1.165, 1.54) is 43.9 Å². The zero-order chi connectivity index (χ0) is 36.5. The number of amides is 2. The van der Waals surface area contributed by atoms with Gasteiger partial charge in [-0.1, -0.05) is 24.6 Å². The normalized spacial score (nSPS) is 23.0. The van der Waals surface area contributed by atoms with E-state index in [9.17, 15) is 22.4 Å². The number of hydrogen-bond donors (Lipinski definition) is 2. The predicted molar refractivity (Wildman–Crippen MR) is 198 cm³/mol. The molecule has 1 aliphatic carbocycles. The summed E-state index contributed by atoms with van der Waals surface area (Å²) >= 11 is 0. The first-order valence-electron chi connectivity index (χ1n) is 18.6. The molecule has 4 aliphatic rings. The summed E-state index contributed by atoms with van der Waals surface area (Å²) in [5, 5.41) is 3.17. The van der Waals surface area contributed by atoms with E-state index >= 15 is 0 Å². The van der Waals surface area contributed by atoms with Crippen LogP contribution in [-0.2, 0) is 20.0 Å². The van der Waals surface area contributed by atoms with Crippen molar-refractivity contribution in [3.05, 3.63) is 89.7 Å². The highest BCUT2D eigenvalue weighted by Gasteiger charge is 2.53. The van der Waals surface area contributed by atoms with Crippen LogP contribution in [0.25, 0.3) is 0 Å². The average Bonchev–Trinajstić information content (AvgIpc) is 3.58. The van der Waals surface area contributed by atoms with Crippen molar-refractivity contribution >= 4 is 27.5 Å². The van der Waals surface area contributed by atoms with Crippen LogP contribution in [0.1, 0.15) is 54.4 Å². The topological polar surface area (TPSA) is 125 Å².